The topological polar surface area (TPSA) is 128 Å². The van der Waals surface area contributed by atoms with Crippen molar-refractivity contribution in [3.63, 3.8) is 0 Å². The Kier molecular flexibility index (Phi) is 22.1. The number of carbonyl (C=O) groups is 4. The first kappa shape index (κ1) is 47.2. The Morgan fingerprint density at radius 1 is 0.754 bits per heavy atom. The average Bonchev–Trinajstić information content (AvgIpc) is 3.24. The number of hydrogen-bond donors (Lipinski definition) is 1. The minimum absolute atomic E-state index is 0.0209. The molecule has 0 saturated carbocycles. The normalized spacial score (nSPS) is 16.5. The van der Waals surface area contributed by atoms with Gasteiger partial charge in [-0.05, 0) is 44.7 Å². The van der Waals surface area contributed by atoms with Crippen molar-refractivity contribution < 1.29 is 42.7 Å². The number of para-hydroxylation sites is 1. The summed E-state index contributed by atoms with van der Waals surface area (Å²) >= 11 is 0. The molecule has 0 bridgehead atoms. The lowest BCUT2D eigenvalue weighted by Gasteiger charge is -2.46. The van der Waals surface area contributed by atoms with Gasteiger partial charge in [0.15, 0.2) is 24.6 Å². The molecule has 1 aromatic heterocycles. The van der Waals surface area contributed by atoms with Gasteiger partial charge in [0.1, 0.15) is 24.9 Å². The van der Waals surface area contributed by atoms with Gasteiger partial charge in [0.25, 0.3) is 11.8 Å². The quantitative estimate of drug-likeness (QED) is 0.0575. The SMILES string of the molecule is CCCCCCCCCCCCCCC(CCC)OC(=O)C1C(OC)N(C(=O)C(CC)OC(=O)NCc2cccc[n+]2CC)CCN1C(=O)c1ccccc1OC. The second-order valence-electron chi connectivity index (χ2n) is 15.0. The monoisotopic (exact) mass is 796 g/mol. The van der Waals surface area contributed by atoms with Crippen LogP contribution in [-0.2, 0) is 36.9 Å². The Balaban J connectivity index is 1.72. The molecule has 0 radical (unpaired) electrons. The first-order chi connectivity index (χ1) is 27.7. The van der Waals surface area contributed by atoms with Crippen LogP contribution >= 0.6 is 0 Å². The second-order valence-corrected chi connectivity index (χ2v) is 15.0. The van der Waals surface area contributed by atoms with Crippen LogP contribution in [0.1, 0.15) is 146 Å². The average molecular weight is 796 g/mol. The van der Waals surface area contributed by atoms with E-state index < -0.39 is 42.3 Å². The Bertz CT molecular complexity index is 1510. The molecule has 4 atom stereocenters. The van der Waals surface area contributed by atoms with E-state index in [1.54, 1.807) is 31.2 Å². The van der Waals surface area contributed by atoms with Gasteiger partial charge in [0, 0.05) is 32.3 Å². The number of methoxy groups -OCH3 is 2. The van der Waals surface area contributed by atoms with Crippen molar-refractivity contribution in [2.45, 2.75) is 168 Å². The third kappa shape index (κ3) is 14.9. The smallest absolute Gasteiger partial charge is 0.408 e. The molecule has 12 nitrogen and oxygen atoms in total. The predicted octanol–water partition coefficient (Wildman–Crippen LogP) is 8.14. The van der Waals surface area contributed by atoms with Crippen LogP contribution in [0.2, 0.25) is 0 Å². The van der Waals surface area contributed by atoms with Crippen LogP contribution in [0.15, 0.2) is 48.7 Å². The maximum absolute atomic E-state index is 14.4. The van der Waals surface area contributed by atoms with Crippen molar-refractivity contribution in [1.29, 1.82) is 0 Å². The standard InChI is InChI=1S/C45H70N4O8/c1-7-11-12-13-14-15-16-17-18-19-20-21-28-36(26-8-2)56-44(52)40-43(55-6)49(33-32-48(40)41(50)37-29-22-23-30-39(37)54-5)42(51)38(9-3)57-45(53)46-34-35-27-24-25-31-47(35)10-4/h22-25,27,29-31,36,38,40,43H,7-21,26,28,32-34H2,1-6H3/p+1. The van der Waals surface area contributed by atoms with E-state index in [0.29, 0.717) is 18.6 Å². The number of rotatable bonds is 26. The van der Waals surface area contributed by atoms with E-state index in [-0.39, 0.29) is 37.7 Å². The number of esters is 1. The Morgan fingerprint density at radius 3 is 2.00 bits per heavy atom. The molecule has 318 valence electrons. The van der Waals surface area contributed by atoms with Crippen LogP contribution < -0.4 is 14.6 Å². The molecule has 1 aliphatic heterocycles. The van der Waals surface area contributed by atoms with Crippen molar-refractivity contribution in [2.75, 3.05) is 27.3 Å². The fraction of sp³-hybridized carbons (Fsp3) is 0.667. The number of unbranched alkanes of at least 4 members (excludes halogenated alkanes) is 11. The molecular weight excluding hydrogens is 725 g/mol. The Labute approximate surface area is 341 Å². The lowest BCUT2D eigenvalue weighted by Crippen LogP contribution is -2.67. The van der Waals surface area contributed by atoms with Crippen LogP contribution in [0, 0.1) is 0 Å². The molecule has 4 unspecified atom stereocenters. The predicted molar refractivity (Wildman–Crippen MR) is 221 cm³/mol. The van der Waals surface area contributed by atoms with Crippen LogP contribution in [0.4, 0.5) is 4.79 Å². The fourth-order valence-electron chi connectivity index (χ4n) is 7.58. The molecule has 57 heavy (non-hydrogen) atoms. The highest BCUT2D eigenvalue weighted by atomic mass is 16.6. The number of hydrogen-bond acceptors (Lipinski definition) is 8. The summed E-state index contributed by atoms with van der Waals surface area (Å²) in [6, 6.07) is 11.3. The van der Waals surface area contributed by atoms with Crippen LogP contribution in [0.3, 0.4) is 0 Å². The van der Waals surface area contributed by atoms with Crippen molar-refractivity contribution in [3.05, 3.63) is 59.9 Å². The summed E-state index contributed by atoms with van der Waals surface area (Å²) in [7, 11) is 2.88. The number of alkyl carbamates (subject to hydrolysis) is 1. The molecule has 1 saturated heterocycles. The summed E-state index contributed by atoms with van der Waals surface area (Å²) in [5, 5.41) is 2.75. The van der Waals surface area contributed by atoms with E-state index in [1.807, 2.05) is 35.9 Å². The lowest BCUT2D eigenvalue weighted by molar-refractivity contribution is -0.701. The number of nitrogens with zero attached hydrogens (tertiary/aromatic N) is 3. The van der Waals surface area contributed by atoms with Gasteiger partial charge in [0.05, 0.1) is 12.7 Å². The van der Waals surface area contributed by atoms with Crippen molar-refractivity contribution in [3.8, 4) is 5.75 Å². The molecule has 1 aromatic carbocycles. The highest BCUT2D eigenvalue weighted by Gasteiger charge is 2.48. The Morgan fingerprint density at radius 2 is 1.39 bits per heavy atom. The van der Waals surface area contributed by atoms with Crippen molar-refractivity contribution in [2.24, 2.45) is 0 Å². The van der Waals surface area contributed by atoms with Gasteiger partial charge in [-0.15, -0.1) is 0 Å². The van der Waals surface area contributed by atoms with Crippen LogP contribution in [-0.4, -0.2) is 85.5 Å². The van der Waals surface area contributed by atoms with Crippen molar-refractivity contribution >= 4 is 23.9 Å². The minimum atomic E-state index is -1.28. The van der Waals surface area contributed by atoms with Gasteiger partial charge in [-0.3, -0.25) is 9.59 Å². The summed E-state index contributed by atoms with van der Waals surface area (Å²) in [6.07, 6.45) is 15.8. The molecule has 3 rings (SSSR count). The molecule has 12 heteroatoms. The zero-order chi connectivity index (χ0) is 41.4. The number of aryl methyl sites for hydroxylation is 1. The zero-order valence-corrected chi connectivity index (χ0v) is 35.7. The zero-order valence-electron chi connectivity index (χ0n) is 35.7. The van der Waals surface area contributed by atoms with E-state index in [2.05, 4.69) is 19.2 Å². The first-order valence-electron chi connectivity index (χ1n) is 21.6. The number of nitrogens with one attached hydrogen (secondary N) is 1. The van der Waals surface area contributed by atoms with Crippen LogP contribution in [0.25, 0.3) is 0 Å². The minimum Gasteiger partial charge on any atom is -0.496 e. The molecule has 1 N–H and O–H groups in total. The number of piperazine rings is 1. The van der Waals surface area contributed by atoms with Gasteiger partial charge in [-0.25, -0.2) is 14.2 Å². The second kappa shape index (κ2) is 26.7. The molecule has 3 amide bonds. The van der Waals surface area contributed by atoms with Gasteiger partial charge >= 0.3 is 12.1 Å². The third-order valence-corrected chi connectivity index (χ3v) is 10.8. The Hall–Kier alpha value is -4.19. The number of amides is 3. The first-order valence-corrected chi connectivity index (χ1v) is 21.6. The number of pyridine rings is 1. The molecule has 1 aliphatic rings. The van der Waals surface area contributed by atoms with E-state index >= 15 is 0 Å². The lowest BCUT2D eigenvalue weighted by atomic mass is 10.0. The van der Waals surface area contributed by atoms with E-state index in [4.69, 9.17) is 18.9 Å². The van der Waals surface area contributed by atoms with Crippen molar-refractivity contribution in [1.82, 2.24) is 15.1 Å². The molecule has 0 aliphatic carbocycles. The molecular formula is C45H71N4O8+. The van der Waals surface area contributed by atoms with E-state index in [9.17, 15) is 19.2 Å². The number of carbonyl (C=O) groups excluding carboxylic acids is 4. The molecule has 0 spiro atoms. The summed E-state index contributed by atoms with van der Waals surface area (Å²) < 4.78 is 25.3. The molecule has 1 fully saturated rings. The molecule has 2 aromatic rings. The summed E-state index contributed by atoms with van der Waals surface area (Å²) in [4.78, 5) is 58.5. The molecule has 2 heterocycles. The maximum Gasteiger partial charge on any atom is 0.408 e. The largest absolute Gasteiger partial charge is 0.496 e. The highest BCUT2D eigenvalue weighted by molar-refractivity contribution is 5.99. The third-order valence-electron chi connectivity index (χ3n) is 10.8. The van der Waals surface area contributed by atoms with Gasteiger partial charge in [-0.1, -0.05) is 116 Å². The number of benzene rings is 1. The van der Waals surface area contributed by atoms with Crippen LogP contribution in [0.5, 0.6) is 5.75 Å². The highest BCUT2D eigenvalue weighted by Crippen LogP contribution is 2.28. The van der Waals surface area contributed by atoms with Gasteiger partial charge < -0.3 is 34.1 Å². The number of ether oxygens (including phenoxy) is 4. The number of aromatic nitrogens is 1. The summed E-state index contributed by atoms with van der Waals surface area (Å²) in [6.45, 7) is 9.08. The maximum atomic E-state index is 14.4. The van der Waals surface area contributed by atoms with E-state index in [1.165, 1.54) is 81.8 Å². The van der Waals surface area contributed by atoms with Gasteiger partial charge in [-0.2, -0.15) is 0 Å². The summed E-state index contributed by atoms with van der Waals surface area (Å²) in [5.41, 5.74) is 1.16. The van der Waals surface area contributed by atoms with Gasteiger partial charge in [0.2, 0.25) is 5.69 Å². The summed E-state index contributed by atoms with van der Waals surface area (Å²) in [5.74, 6) is -1.24. The fourth-order valence-corrected chi connectivity index (χ4v) is 7.58. The van der Waals surface area contributed by atoms with E-state index in [0.717, 1.165) is 37.9 Å².